The van der Waals surface area contributed by atoms with E-state index in [4.69, 9.17) is 14.2 Å². The normalized spacial score (nSPS) is 33.0. The number of methoxy groups -OCH3 is 1. The molecule has 11 nitrogen and oxygen atoms in total. The predicted octanol–water partition coefficient (Wildman–Crippen LogP) is 2.55. The number of rotatable bonds is 8. The second kappa shape index (κ2) is 14.1. The summed E-state index contributed by atoms with van der Waals surface area (Å²) in [7, 11) is 1.51. The van der Waals surface area contributed by atoms with Gasteiger partial charge in [0, 0.05) is 26.1 Å². The van der Waals surface area contributed by atoms with Crippen molar-refractivity contribution in [2.75, 3.05) is 26.9 Å². The van der Waals surface area contributed by atoms with E-state index in [0.717, 1.165) is 0 Å². The number of hydrogen-bond donors (Lipinski definition) is 2. The quantitative estimate of drug-likeness (QED) is 0.328. The molecule has 2 fully saturated rings. The van der Waals surface area contributed by atoms with Gasteiger partial charge in [-0.05, 0) is 38.2 Å². The monoisotopic (exact) mass is 637 g/mol. The zero-order chi connectivity index (χ0) is 33.2. The lowest BCUT2D eigenvalue weighted by Gasteiger charge is -2.39. The Bertz CT molecular complexity index is 1350. The topological polar surface area (TPSA) is 135 Å². The number of cyclic esters (lactones) is 1. The van der Waals surface area contributed by atoms with Crippen molar-refractivity contribution in [3.8, 4) is 0 Å². The second-order valence-corrected chi connectivity index (χ2v) is 13.4. The van der Waals surface area contributed by atoms with E-state index in [1.54, 1.807) is 23.1 Å². The number of benzene rings is 1. The van der Waals surface area contributed by atoms with Crippen LogP contribution in [0.5, 0.6) is 0 Å². The molecule has 0 saturated carbocycles. The molecule has 3 amide bonds. The van der Waals surface area contributed by atoms with Gasteiger partial charge in [0.2, 0.25) is 17.7 Å². The van der Waals surface area contributed by atoms with Gasteiger partial charge >= 0.3 is 5.97 Å². The first kappa shape index (κ1) is 33.8. The number of carbonyl (C=O) groups excluding carboxylic acids is 4. The fraction of sp³-hybridized carbons (Fsp3) is 0.600. The summed E-state index contributed by atoms with van der Waals surface area (Å²) in [6.45, 7) is 7.88. The van der Waals surface area contributed by atoms with Gasteiger partial charge < -0.3 is 34.4 Å². The van der Waals surface area contributed by atoms with Crippen LogP contribution in [0.2, 0.25) is 0 Å². The van der Waals surface area contributed by atoms with Gasteiger partial charge in [0.25, 0.3) is 0 Å². The highest BCUT2D eigenvalue weighted by Gasteiger charge is 2.72. The smallest absolute Gasteiger partial charge is 0.313 e. The number of amides is 3. The average molecular weight is 638 g/mol. The van der Waals surface area contributed by atoms with Crippen LogP contribution >= 0.6 is 0 Å². The Kier molecular flexibility index (Phi) is 10.3. The summed E-state index contributed by atoms with van der Waals surface area (Å²) in [6.07, 6.45) is 6.32. The third-order valence-corrected chi connectivity index (χ3v) is 9.50. The van der Waals surface area contributed by atoms with Crippen molar-refractivity contribution >= 4 is 23.7 Å². The highest BCUT2D eigenvalue weighted by Crippen LogP contribution is 2.54. The van der Waals surface area contributed by atoms with Crippen LogP contribution in [0, 0.1) is 17.8 Å². The van der Waals surface area contributed by atoms with Gasteiger partial charge in [0.15, 0.2) is 0 Å². The van der Waals surface area contributed by atoms with Gasteiger partial charge in [0.1, 0.15) is 23.7 Å². The molecular formula is C35H47N3O8. The summed E-state index contributed by atoms with van der Waals surface area (Å²) in [4.78, 5) is 59.8. The van der Waals surface area contributed by atoms with Gasteiger partial charge in [0.05, 0.1) is 37.3 Å². The maximum absolute atomic E-state index is 14.7. The first-order valence-corrected chi connectivity index (χ1v) is 16.3. The number of fused-ring (bicyclic) bond motifs is 2. The van der Waals surface area contributed by atoms with E-state index in [2.05, 4.69) is 5.32 Å². The summed E-state index contributed by atoms with van der Waals surface area (Å²) in [5.41, 5.74) is -0.814. The van der Waals surface area contributed by atoms with Crippen molar-refractivity contribution in [1.82, 2.24) is 15.1 Å². The molecule has 250 valence electrons. The van der Waals surface area contributed by atoms with Crippen LogP contribution in [-0.4, -0.2) is 101 Å². The molecule has 5 rings (SSSR count). The van der Waals surface area contributed by atoms with Crippen molar-refractivity contribution in [3.63, 3.8) is 0 Å². The van der Waals surface area contributed by atoms with Crippen LogP contribution in [0.15, 0.2) is 54.6 Å². The number of aliphatic hydroxyl groups excluding tert-OH is 1. The third-order valence-electron chi connectivity index (χ3n) is 9.50. The molecule has 4 heterocycles. The maximum atomic E-state index is 14.7. The van der Waals surface area contributed by atoms with E-state index in [-0.39, 0.29) is 43.4 Å². The molecule has 0 bridgehead atoms. The zero-order valence-electron chi connectivity index (χ0n) is 27.3. The van der Waals surface area contributed by atoms with Gasteiger partial charge in [-0.3, -0.25) is 19.2 Å². The SMILES string of the molecule is COC[C@H]1NC(=O)CC/C=C\[C@H]2O[C@]34C=CCN(C(C)C)C(=O)[C@H]3N([C@@H](CO)CC(C)C)C(=O)[C@@H]4[C@H]2C(=O)O[C@@H]1c1ccccc1. The van der Waals surface area contributed by atoms with Gasteiger partial charge in [-0.15, -0.1) is 0 Å². The van der Waals surface area contributed by atoms with E-state index in [1.165, 1.54) is 12.0 Å². The molecule has 4 aliphatic heterocycles. The van der Waals surface area contributed by atoms with Crippen LogP contribution < -0.4 is 5.32 Å². The maximum Gasteiger partial charge on any atom is 0.313 e. The van der Waals surface area contributed by atoms with Crippen molar-refractivity contribution in [1.29, 1.82) is 0 Å². The Morgan fingerprint density at radius 1 is 1.07 bits per heavy atom. The van der Waals surface area contributed by atoms with E-state index >= 15 is 0 Å². The van der Waals surface area contributed by atoms with Crippen molar-refractivity contribution in [3.05, 3.63) is 60.2 Å². The lowest BCUT2D eigenvalue weighted by atomic mass is 9.77. The summed E-state index contributed by atoms with van der Waals surface area (Å²) in [5.74, 6) is -3.65. The molecule has 11 heteroatoms. The molecule has 0 aromatic heterocycles. The van der Waals surface area contributed by atoms with Crippen molar-refractivity contribution in [2.45, 2.75) is 88.9 Å². The average Bonchev–Trinajstić information content (AvgIpc) is 3.41. The Morgan fingerprint density at radius 2 is 1.80 bits per heavy atom. The van der Waals surface area contributed by atoms with E-state index in [9.17, 15) is 24.3 Å². The summed E-state index contributed by atoms with van der Waals surface area (Å²) < 4.78 is 18.5. The Labute approximate surface area is 270 Å². The summed E-state index contributed by atoms with van der Waals surface area (Å²) >= 11 is 0. The largest absolute Gasteiger partial charge is 0.455 e. The molecule has 1 aromatic rings. The van der Waals surface area contributed by atoms with Crippen LogP contribution in [0.25, 0.3) is 0 Å². The van der Waals surface area contributed by atoms with Gasteiger partial charge in [-0.2, -0.15) is 0 Å². The minimum absolute atomic E-state index is 0.0802. The Balaban J connectivity index is 1.64. The number of nitrogens with one attached hydrogen (secondary N) is 1. The van der Waals surface area contributed by atoms with Crippen molar-refractivity contribution < 1.29 is 38.5 Å². The van der Waals surface area contributed by atoms with Crippen molar-refractivity contribution in [2.24, 2.45) is 17.8 Å². The van der Waals surface area contributed by atoms with Gasteiger partial charge in [-0.25, -0.2) is 0 Å². The second-order valence-electron chi connectivity index (χ2n) is 13.4. The number of carbonyl (C=O) groups is 4. The number of nitrogens with zero attached hydrogens (tertiary/aromatic N) is 2. The first-order chi connectivity index (χ1) is 22.0. The number of likely N-dealkylation sites (tertiary alicyclic amines) is 1. The Hall–Kier alpha value is -3.54. The molecule has 0 radical (unpaired) electrons. The molecule has 0 aliphatic carbocycles. The summed E-state index contributed by atoms with van der Waals surface area (Å²) in [6, 6.07) is 6.51. The number of hydrogen-bond acceptors (Lipinski definition) is 8. The number of aliphatic hydroxyl groups is 1. The first-order valence-electron chi connectivity index (χ1n) is 16.3. The Morgan fingerprint density at radius 3 is 2.46 bits per heavy atom. The van der Waals surface area contributed by atoms with Gasteiger partial charge in [-0.1, -0.05) is 68.5 Å². The molecule has 8 atom stereocenters. The number of esters is 1. The fourth-order valence-corrected chi connectivity index (χ4v) is 7.52. The minimum atomic E-state index is -1.47. The summed E-state index contributed by atoms with van der Waals surface area (Å²) in [5, 5.41) is 13.5. The van der Waals surface area contributed by atoms with E-state index in [1.807, 2.05) is 64.1 Å². The predicted molar refractivity (Wildman–Crippen MR) is 169 cm³/mol. The van der Waals surface area contributed by atoms with E-state index < -0.39 is 59.6 Å². The third kappa shape index (κ3) is 6.24. The highest BCUT2D eigenvalue weighted by molar-refractivity contribution is 5.99. The fourth-order valence-electron chi connectivity index (χ4n) is 7.52. The molecular weight excluding hydrogens is 590 g/mol. The molecule has 2 N–H and O–H groups in total. The number of ether oxygens (including phenoxy) is 3. The van der Waals surface area contributed by atoms with Crippen LogP contribution in [-0.2, 0) is 33.4 Å². The van der Waals surface area contributed by atoms with Crippen LogP contribution in [0.4, 0.5) is 0 Å². The standard InChI is InChI=1S/C35H47N3O8/c1-21(2)18-24(19-39)38-31-33(42)37(22(3)4)17-11-16-35(31)29(32(38)41)28-26(46-35)14-9-10-15-27(40)36-25(20-44-5)30(45-34(28)43)23-12-7-6-8-13-23/h6-9,11-14,16,21-22,24-26,28-31,39H,10,15,17-20H2,1-5H3,(H,36,40)/b14-9-/t24-,25-,26-,28+,29+,30-,31-,35+/m1/s1. The highest BCUT2D eigenvalue weighted by atomic mass is 16.6. The minimum Gasteiger partial charge on any atom is -0.455 e. The molecule has 2 saturated heterocycles. The lowest BCUT2D eigenvalue weighted by Crippen LogP contribution is -2.59. The zero-order valence-corrected chi connectivity index (χ0v) is 27.3. The molecule has 1 spiro atoms. The lowest BCUT2D eigenvalue weighted by molar-refractivity contribution is -0.163. The van der Waals surface area contributed by atoms with E-state index in [0.29, 0.717) is 24.9 Å². The number of allylic oxidation sites excluding steroid dienone is 1. The van der Waals surface area contributed by atoms with Crippen LogP contribution in [0.3, 0.4) is 0 Å². The molecule has 0 unspecified atom stereocenters. The molecule has 4 aliphatic rings. The molecule has 46 heavy (non-hydrogen) atoms. The van der Waals surface area contributed by atoms with Crippen LogP contribution in [0.1, 0.15) is 58.6 Å². The molecule has 1 aromatic carbocycles.